The fourth-order valence-corrected chi connectivity index (χ4v) is 4.33. The molecule has 4 rings (SSSR count). The number of carbonyl (C=O) groups excluding carboxylic acids is 1. The van der Waals surface area contributed by atoms with E-state index in [1.807, 2.05) is 43.3 Å². The summed E-state index contributed by atoms with van der Waals surface area (Å²) in [5, 5.41) is 10.3. The third-order valence-electron chi connectivity index (χ3n) is 6.15. The van der Waals surface area contributed by atoms with E-state index in [2.05, 4.69) is 27.6 Å². The van der Waals surface area contributed by atoms with Gasteiger partial charge >= 0.3 is 0 Å². The zero-order valence-corrected chi connectivity index (χ0v) is 19.2. The van der Waals surface area contributed by atoms with Crippen molar-refractivity contribution >= 4 is 18.1 Å². The maximum Gasteiger partial charge on any atom is 0.240 e. The van der Waals surface area contributed by atoms with Crippen molar-refractivity contribution in [1.82, 2.24) is 20.1 Å². The van der Waals surface area contributed by atoms with Crippen LogP contribution < -0.4 is 10.1 Å². The summed E-state index contributed by atoms with van der Waals surface area (Å²) in [5.41, 5.74) is 3.09. The fourth-order valence-electron chi connectivity index (χ4n) is 4.13. The number of ether oxygens (including phenoxy) is 2. The first-order valence-corrected chi connectivity index (χ1v) is 11.1. The van der Waals surface area contributed by atoms with Gasteiger partial charge in [-0.2, -0.15) is 5.10 Å². The van der Waals surface area contributed by atoms with Crippen LogP contribution in [0.4, 0.5) is 0 Å². The molecule has 1 aliphatic rings. The number of aromatic amines is 1. The standard InChI is InChI=1S/C24H28N4O3S/c1-17-3-5-18(6-4-17)22-26-27-23(32)28(22)15-21(29)25-16-24(11-13-31-14-12-24)19-7-9-20(30-2)10-8-19/h3-10H,11-16H2,1-2H3,(H,25,29)(H,27,32). The molecular weight excluding hydrogens is 424 g/mol. The van der Waals surface area contributed by atoms with Crippen LogP contribution in [-0.2, 0) is 21.5 Å². The van der Waals surface area contributed by atoms with Gasteiger partial charge in [0.15, 0.2) is 10.6 Å². The van der Waals surface area contributed by atoms with Gasteiger partial charge in [-0.15, -0.1) is 0 Å². The van der Waals surface area contributed by atoms with Gasteiger partial charge in [0.05, 0.1) is 7.11 Å². The maximum atomic E-state index is 12.9. The summed E-state index contributed by atoms with van der Waals surface area (Å²) in [4.78, 5) is 12.9. The summed E-state index contributed by atoms with van der Waals surface area (Å²) >= 11 is 5.38. The minimum absolute atomic E-state index is 0.102. The SMILES string of the molecule is COc1ccc(C2(CNC(=O)Cn3c(-c4ccc(C)cc4)n[nH]c3=S)CCOCC2)cc1. The summed E-state index contributed by atoms with van der Waals surface area (Å²) in [6.07, 6.45) is 1.69. The molecule has 7 nitrogen and oxygen atoms in total. The van der Waals surface area contributed by atoms with E-state index in [1.165, 1.54) is 5.56 Å². The number of amides is 1. The summed E-state index contributed by atoms with van der Waals surface area (Å²) in [6.45, 7) is 4.02. The summed E-state index contributed by atoms with van der Waals surface area (Å²) < 4.78 is 13.1. The average Bonchev–Trinajstić information content (AvgIpc) is 3.19. The molecule has 0 radical (unpaired) electrons. The minimum atomic E-state index is -0.169. The van der Waals surface area contributed by atoms with Gasteiger partial charge in [-0.3, -0.25) is 14.5 Å². The molecule has 8 heteroatoms. The Morgan fingerprint density at radius 2 is 1.88 bits per heavy atom. The molecule has 0 spiro atoms. The Kier molecular flexibility index (Phi) is 6.72. The van der Waals surface area contributed by atoms with E-state index in [0.717, 1.165) is 29.7 Å². The monoisotopic (exact) mass is 452 g/mol. The quantitative estimate of drug-likeness (QED) is 0.533. The van der Waals surface area contributed by atoms with Gasteiger partial charge in [0.1, 0.15) is 12.3 Å². The molecule has 168 valence electrons. The van der Waals surface area contributed by atoms with E-state index in [9.17, 15) is 4.79 Å². The first-order valence-electron chi connectivity index (χ1n) is 10.7. The molecule has 0 bridgehead atoms. The van der Waals surface area contributed by atoms with E-state index in [0.29, 0.717) is 30.4 Å². The zero-order chi connectivity index (χ0) is 22.6. The van der Waals surface area contributed by atoms with Crippen LogP contribution in [0.15, 0.2) is 48.5 Å². The van der Waals surface area contributed by atoms with Crippen molar-refractivity contribution in [2.24, 2.45) is 0 Å². The average molecular weight is 453 g/mol. The number of benzene rings is 2. The van der Waals surface area contributed by atoms with Crippen LogP contribution in [0.3, 0.4) is 0 Å². The van der Waals surface area contributed by atoms with Gasteiger partial charge in [0, 0.05) is 30.7 Å². The van der Waals surface area contributed by atoms with Crippen LogP contribution >= 0.6 is 12.2 Å². The molecule has 3 aromatic rings. The molecule has 0 saturated carbocycles. The van der Waals surface area contributed by atoms with Crippen molar-refractivity contribution in [2.45, 2.75) is 31.7 Å². The van der Waals surface area contributed by atoms with Crippen molar-refractivity contribution in [2.75, 3.05) is 26.9 Å². The zero-order valence-electron chi connectivity index (χ0n) is 18.4. The highest BCUT2D eigenvalue weighted by molar-refractivity contribution is 7.71. The van der Waals surface area contributed by atoms with Crippen molar-refractivity contribution < 1.29 is 14.3 Å². The molecule has 1 aromatic heterocycles. The fraction of sp³-hybridized carbons (Fsp3) is 0.375. The van der Waals surface area contributed by atoms with E-state index in [1.54, 1.807) is 11.7 Å². The predicted octanol–water partition coefficient (Wildman–Crippen LogP) is 3.79. The molecule has 1 aliphatic heterocycles. The lowest BCUT2D eigenvalue weighted by atomic mass is 9.74. The lowest BCUT2D eigenvalue weighted by Crippen LogP contribution is -2.45. The number of aryl methyl sites for hydroxylation is 1. The van der Waals surface area contributed by atoms with E-state index < -0.39 is 0 Å². The maximum absolute atomic E-state index is 12.9. The van der Waals surface area contributed by atoms with Crippen molar-refractivity contribution in [1.29, 1.82) is 0 Å². The number of rotatable bonds is 7. The summed E-state index contributed by atoms with van der Waals surface area (Å²) in [6, 6.07) is 16.1. The van der Waals surface area contributed by atoms with Gasteiger partial charge in [-0.05, 0) is 49.7 Å². The van der Waals surface area contributed by atoms with Crippen LogP contribution in [0.5, 0.6) is 5.75 Å². The smallest absolute Gasteiger partial charge is 0.240 e. The van der Waals surface area contributed by atoms with Crippen LogP contribution in [0.25, 0.3) is 11.4 Å². The largest absolute Gasteiger partial charge is 0.497 e. The highest BCUT2D eigenvalue weighted by Gasteiger charge is 2.35. The minimum Gasteiger partial charge on any atom is -0.497 e. The number of methoxy groups -OCH3 is 1. The van der Waals surface area contributed by atoms with Crippen LogP contribution in [0.2, 0.25) is 0 Å². The van der Waals surface area contributed by atoms with Crippen molar-refractivity contribution in [3.63, 3.8) is 0 Å². The number of nitrogens with zero attached hydrogens (tertiary/aromatic N) is 2. The number of carbonyl (C=O) groups is 1. The van der Waals surface area contributed by atoms with E-state index in [-0.39, 0.29) is 17.9 Å². The summed E-state index contributed by atoms with van der Waals surface area (Å²) in [5.74, 6) is 1.37. The Labute approximate surface area is 192 Å². The van der Waals surface area contributed by atoms with Crippen LogP contribution in [-0.4, -0.2) is 47.5 Å². The molecule has 0 unspecified atom stereocenters. The first kappa shape index (κ1) is 22.2. The normalized spacial score (nSPS) is 15.3. The second-order valence-electron chi connectivity index (χ2n) is 8.20. The Hall–Kier alpha value is -2.97. The second-order valence-corrected chi connectivity index (χ2v) is 8.59. The van der Waals surface area contributed by atoms with Crippen molar-refractivity contribution in [3.8, 4) is 17.1 Å². The van der Waals surface area contributed by atoms with Gasteiger partial charge in [0.2, 0.25) is 5.91 Å². The predicted molar refractivity (Wildman–Crippen MR) is 125 cm³/mol. The molecule has 2 N–H and O–H groups in total. The third kappa shape index (κ3) is 4.76. The molecule has 32 heavy (non-hydrogen) atoms. The van der Waals surface area contributed by atoms with Crippen LogP contribution in [0, 0.1) is 11.7 Å². The third-order valence-corrected chi connectivity index (χ3v) is 6.46. The molecule has 1 saturated heterocycles. The molecule has 2 heterocycles. The number of H-pyrrole nitrogens is 1. The van der Waals surface area contributed by atoms with Gasteiger partial charge in [-0.25, -0.2) is 0 Å². The molecule has 0 aliphatic carbocycles. The van der Waals surface area contributed by atoms with Gasteiger partial charge in [0.25, 0.3) is 0 Å². The number of aromatic nitrogens is 3. The van der Waals surface area contributed by atoms with E-state index in [4.69, 9.17) is 21.7 Å². The molecular formula is C24H28N4O3S. The Balaban J connectivity index is 1.49. The number of hydrogen-bond donors (Lipinski definition) is 2. The van der Waals surface area contributed by atoms with Crippen LogP contribution in [0.1, 0.15) is 24.0 Å². The molecule has 1 fully saturated rings. The highest BCUT2D eigenvalue weighted by atomic mass is 32.1. The number of hydrogen-bond acceptors (Lipinski definition) is 5. The number of nitrogens with one attached hydrogen (secondary N) is 2. The highest BCUT2D eigenvalue weighted by Crippen LogP contribution is 2.35. The lowest BCUT2D eigenvalue weighted by molar-refractivity contribution is -0.122. The second kappa shape index (κ2) is 9.67. The summed E-state index contributed by atoms with van der Waals surface area (Å²) in [7, 11) is 1.66. The molecule has 2 aromatic carbocycles. The van der Waals surface area contributed by atoms with E-state index >= 15 is 0 Å². The van der Waals surface area contributed by atoms with Gasteiger partial charge in [-0.1, -0.05) is 42.0 Å². The first-order chi connectivity index (χ1) is 15.5. The Morgan fingerprint density at radius 1 is 1.19 bits per heavy atom. The Bertz CT molecular complexity index is 1110. The lowest BCUT2D eigenvalue weighted by Gasteiger charge is -2.38. The molecule has 0 atom stereocenters. The Morgan fingerprint density at radius 3 is 2.53 bits per heavy atom. The topological polar surface area (TPSA) is 81.2 Å². The molecule has 1 amide bonds. The van der Waals surface area contributed by atoms with Crippen molar-refractivity contribution in [3.05, 3.63) is 64.4 Å². The van der Waals surface area contributed by atoms with Gasteiger partial charge < -0.3 is 14.8 Å².